The van der Waals surface area contributed by atoms with Crippen molar-refractivity contribution in [2.75, 3.05) is 50.2 Å². The van der Waals surface area contributed by atoms with E-state index in [1.807, 2.05) is 115 Å². The Balaban J connectivity index is 0.000000251. The Bertz CT molecular complexity index is 2110. The van der Waals surface area contributed by atoms with Crippen LogP contribution in [0, 0.1) is 0 Å². The van der Waals surface area contributed by atoms with Gasteiger partial charge in [0.2, 0.25) is 17.7 Å². The molecule has 6 rings (SSSR count). The van der Waals surface area contributed by atoms with Crippen LogP contribution in [-0.4, -0.2) is 90.1 Å². The summed E-state index contributed by atoms with van der Waals surface area (Å²) in [6.45, 7) is 3.48. The Morgan fingerprint density at radius 3 is 1.61 bits per heavy atom. The van der Waals surface area contributed by atoms with Crippen LogP contribution in [0.5, 0.6) is 0 Å². The Hall–Kier alpha value is -6.96. The predicted octanol–water partition coefficient (Wildman–Crippen LogP) is 6.52. The van der Waals surface area contributed by atoms with Gasteiger partial charge < -0.3 is 31.1 Å². The third-order valence-corrected chi connectivity index (χ3v) is 9.17. The minimum atomic E-state index is -0.543. The Morgan fingerprint density at radius 2 is 1.18 bits per heavy atom. The van der Waals surface area contributed by atoms with E-state index >= 15 is 0 Å². The van der Waals surface area contributed by atoms with Gasteiger partial charge in [-0.05, 0) is 60.9 Å². The van der Waals surface area contributed by atoms with Crippen LogP contribution in [-0.2, 0) is 39.9 Å². The summed E-state index contributed by atoms with van der Waals surface area (Å²) in [4.78, 5) is 72.6. The number of carbonyl (C=O) groups is 6. The number of esters is 1. The highest BCUT2D eigenvalue weighted by Gasteiger charge is 2.28. The van der Waals surface area contributed by atoms with E-state index in [1.165, 1.54) is 14.0 Å². The molecule has 5 aromatic rings. The summed E-state index contributed by atoms with van der Waals surface area (Å²) < 4.78 is 4.36. The number of nitrogens with zero attached hydrogens (tertiary/aromatic N) is 2. The molecule has 0 unspecified atom stereocenters. The highest BCUT2D eigenvalue weighted by molar-refractivity contribution is 6.04. The lowest BCUT2D eigenvalue weighted by Crippen LogP contribution is -2.40. The number of hydrogen-bond acceptors (Lipinski definition) is 10. The Kier molecular flexibility index (Phi) is 22.1. The lowest BCUT2D eigenvalue weighted by molar-refractivity contribution is -0.143. The third-order valence-electron chi connectivity index (χ3n) is 9.17. The van der Waals surface area contributed by atoms with Crippen molar-refractivity contribution in [2.24, 2.45) is 0 Å². The maximum atomic E-state index is 12.8. The first kappa shape index (κ1) is 49.4. The van der Waals surface area contributed by atoms with Crippen LogP contribution in [0.3, 0.4) is 0 Å². The van der Waals surface area contributed by atoms with Gasteiger partial charge >= 0.3 is 5.97 Å². The number of likely N-dealkylation sites (tertiary alicyclic amines) is 1. The van der Waals surface area contributed by atoms with Gasteiger partial charge in [-0.2, -0.15) is 0 Å². The van der Waals surface area contributed by atoms with Gasteiger partial charge in [0.05, 0.1) is 25.7 Å². The SMILES string of the molecule is CC(=O)CC(=O)Cc1ccccc1.CN(C(=O)CC(=O)Nc1ccccc1)[C@H](CN1CC[C@H](O)C1)c1ccccc1.COC(=O)CC(=O)Nc1ccccc1.Nc1ccccc1. The number of nitrogens with one attached hydrogen (secondary N) is 2. The summed E-state index contributed by atoms with van der Waals surface area (Å²) in [6.07, 6.45) is 0.380. The summed E-state index contributed by atoms with van der Waals surface area (Å²) in [7, 11) is 2.99. The second kappa shape index (κ2) is 27.7. The van der Waals surface area contributed by atoms with Crippen LogP contribution < -0.4 is 16.4 Å². The molecule has 0 aromatic heterocycles. The number of ketones is 2. The number of amides is 3. The topological polar surface area (TPSA) is 188 Å². The van der Waals surface area contributed by atoms with Crippen molar-refractivity contribution in [2.45, 2.75) is 51.2 Å². The largest absolute Gasteiger partial charge is 0.469 e. The summed E-state index contributed by atoms with van der Waals surface area (Å²) in [5, 5.41) is 15.1. The second-order valence-corrected chi connectivity index (χ2v) is 14.4. The first-order valence-electron chi connectivity index (χ1n) is 20.2. The van der Waals surface area contributed by atoms with Gasteiger partial charge in [-0.3, -0.25) is 33.7 Å². The first-order chi connectivity index (χ1) is 29.8. The first-order valence-corrected chi connectivity index (χ1v) is 20.2. The number of Topliss-reactive ketones (excluding diaryl/α,β-unsaturated/α-hetero) is 2. The molecule has 0 spiro atoms. The zero-order chi connectivity index (χ0) is 45.1. The molecule has 1 fully saturated rings. The molecule has 5 N–H and O–H groups in total. The van der Waals surface area contributed by atoms with Crippen LogP contribution in [0.2, 0.25) is 0 Å². The number of methoxy groups -OCH3 is 1. The van der Waals surface area contributed by atoms with Crippen molar-refractivity contribution < 1.29 is 38.6 Å². The van der Waals surface area contributed by atoms with Crippen LogP contribution >= 0.6 is 0 Å². The van der Waals surface area contributed by atoms with Crippen LogP contribution in [0.25, 0.3) is 0 Å². The van der Waals surface area contributed by atoms with Crippen LogP contribution in [0.15, 0.2) is 152 Å². The minimum absolute atomic E-state index is 0.0151. The monoisotopic (exact) mass is 843 g/mol. The molecule has 1 aliphatic rings. The molecule has 1 saturated heterocycles. The van der Waals surface area contributed by atoms with E-state index in [0.29, 0.717) is 30.9 Å². The number of hydrogen-bond donors (Lipinski definition) is 4. The van der Waals surface area contributed by atoms with Crippen molar-refractivity contribution in [3.8, 4) is 0 Å². The molecule has 0 aliphatic carbocycles. The van der Waals surface area contributed by atoms with Gasteiger partial charge in [0.1, 0.15) is 24.4 Å². The number of rotatable bonds is 14. The van der Waals surface area contributed by atoms with Gasteiger partial charge in [-0.25, -0.2) is 0 Å². The van der Waals surface area contributed by atoms with E-state index < -0.39 is 5.97 Å². The average Bonchev–Trinajstić information content (AvgIpc) is 3.68. The molecule has 62 heavy (non-hydrogen) atoms. The molecule has 0 radical (unpaired) electrons. The van der Waals surface area contributed by atoms with Gasteiger partial charge in [-0.15, -0.1) is 0 Å². The maximum Gasteiger partial charge on any atom is 0.315 e. The molecular formula is C49H57N5O8. The number of anilines is 3. The smallest absolute Gasteiger partial charge is 0.315 e. The van der Waals surface area contributed by atoms with Crippen LogP contribution in [0.4, 0.5) is 17.1 Å². The van der Waals surface area contributed by atoms with E-state index in [9.17, 15) is 33.9 Å². The molecule has 13 nitrogen and oxygen atoms in total. The van der Waals surface area contributed by atoms with E-state index in [2.05, 4.69) is 20.3 Å². The molecule has 3 amide bonds. The lowest BCUT2D eigenvalue weighted by Gasteiger charge is -2.32. The Morgan fingerprint density at radius 1 is 0.710 bits per heavy atom. The van der Waals surface area contributed by atoms with E-state index in [0.717, 1.165) is 29.8 Å². The zero-order valence-corrected chi connectivity index (χ0v) is 35.5. The number of para-hydroxylation sites is 3. The minimum Gasteiger partial charge on any atom is -0.469 e. The third kappa shape index (κ3) is 20.3. The van der Waals surface area contributed by atoms with Crippen molar-refractivity contribution in [1.29, 1.82) is 0 Å². The van der Waals surface area contributed by atoms with Gasteiger partial charge in [0, 0.05) is 50.2 Å². The molecule has 5 aromatic carbocycles. The van der Waals surface area contributed by atoms with Crippen molar-refractivity contribution in [3.05, 3.63) is 163 Å². The molecule has 1 aliphatic heterocycles. The molecule has 0 bridgehead atoms. The number of nitrogens with two attached hydrogens (primary N) is 1. The summed E-state index contributed by atoms with van der Waals surface area (Å²) in [5.74, 6) is -1.56. The fraction of sp³-hybridized carbons (Fsp3) is 0.265. The zero-order valence-electron chi connectivity index (χ0n) is 35.5. The van der Waals surface area contributed by atoms with E-state index in [4.69, 9.17) is 5.73 Å². The normalized spacial score (nSPS) is 13.1. The molecule has 0 saturated carbocycles. The van der Waals surface area contributed by atoms with E-state index in [-0.39, 0.29) is 60.7 Å². The number of likely N-dealkylation sites (N-methyl/N-ethyl adjacent to an activating group) is 1. The maximum absolute atomic E-state index is 12.8. The van der Waals surface area contributed by atoms with Gasteiger partial charge in [0.25, 0.3) is 0 Å². The summed E-state index contributed by atoms with van der Waals surface area (Å²) in [5.41, 5.74) is 9.51. The number of aliphatic hydroxyl groups is 1. The molecule has 13 heteroatoms. The van der Waals surface area contributed by atoms with Gasteiger partial charge in [-0.1, -0.05) is 115 Å². The number of benzene rings is 5. The number of aliphatic hydroxyl groups excluding tert-OH is 1. The fourth-order valence-corrected chi connectivity index (χ4v) is 6.06. The lowest BCUT2D eigenvalue weighted by atomic mass is 10.0. The molecule has 326 valence electrons. The molecule has 1 heterocycles. The standard InChI is InChI=1S/C22H27N3O3.C11H12O2.C10H11NO3.C6H7N/c1-24(22(28)14-21(27)23-18-10-6-3-7-11-18)20(17-8-4-2-5-9-17)16-25-13-12-19(26)15-25;1-9(12)7-11(13)8-10-5-3-2-4-6-10;1-14-10(13)7-9(12)11-8-5-3-2-4-6-8;7-6-4-2-1-3-5-6/h2-11,19-20,26H,12-16H2,1H3,(H,23,27);2-6H,7-8H2,1H3;2-6H,7H2,1H3,(H,11,12);1-5H,7H2/t19-,20+;;;/m0.../s1. The van der Waals surface area contributed by atoms with Crippen LogP contribution in [0.1, 0.15) is 49.8 Å². The van der Waals surface area contributed by atoms with Gasteiger partial charge in [0.15, 0.2) is 0 Å². The highest BCUT2D eigenvalue weighted by atomic mass is 16.5. The number of nitrogen functional groups attached to an aromatic ring is 1. The molecular weight excluding hydrogens is 787 g/mol. The number of carbonyl (C=O) groups excluding carboxylic acids is 6. The quantitative estimate of drug-likeness (QED) is 0.0545. The highest BCUT2D eigenvalue weighted by Crippen LogP contribution is 2.24. The Labute approximate surface area is 363 Å². The van der Waals surface area contributed by atoms with Crippen molar-refractivity contribution in [3.63, 3.8) is 0 Å². The fourth-order valence-electron chi connectivity index (χ4n) is 6.06. The summed E-state index contributed by atoms with van der Waals surface area (Å²) in [6, 6.07) is 46.6. The number of ether oxygens (including phenoxy) is 1. The number of β-amino-alcohol motifs (C(OH)–C–C–N with tert-alkyl or cyclic N) is 1. The van der Waals surface area contributed by atoms with Crippen molar-refractivity contribution in [1.82, 2.24) is 9.80 Å². The molecule has 2 atom stereocenters. The summed E-state index contributed by atoms with van der Waals surface area (Å²) >= 11 is 0. The van der Waals surface area contributed by atoms with Crippen molar-refractivity contribution >= 4 is 52.3 Å². The second-order valence-electron chi connectivity index (χ2n) is 14.4. The predicted molar refractivity (Wildman–Crippen MR) is 242 cm³/mol. The van der Waals surface area contributed by atoms with E-state index in [1.54, 1.807) is 48.3 Å². The average molecular weight is 844 g/mol.